The molecule has 1 amide bonds. The molecular weight excluding hydrogens is 498 g/mol. The first-order valence-corrected chi connectivity index (χ1v) is 12.2. The highest BCUT2D eigenvalue weighted by Crippen LogP contribution is 2.42. The minimum Gasteiger partial charge on any atom is -0.497 e. The highest BCUT2D eigenvalue weighted by molar-refractivity contribution is 6.06. The first kappa shape index (κ1) is 25.7. The smallest absolute Gasteiger partial charge is 0.255 e. The van der Waals surface area contributed by atoms with Crippen LogP contribution in [0.1, 0.15) is 18.5 Å². The first-order chi connectivity index (χ1) is 19.0. The Balaban J connectivity index is 1.65. The lowest BCUT2D eigenvalue weighted by atomic mass is 9.94. The van der Waals surface area contributed by atoms with E-state index in [4.69, 9.17) is 29.0 Å². The quantitative estimate of drug-likeness (QED) is 0.333. The van der Waals surface area contributed by atoms with E-state index in [-0.39, 0.29) is 5.91 Å². The second kappa shape index (κ2) is 10.8. The van der Waals surface area contributed by atoms with E-state index in [1.165, 1.54) is 0 Å². The molecule has 5 rings (SSSR count). The summed E-state index contributed by atoms with van der Waals surface area (Å²) in [4.78, 5) is 18.7. The molecule has 200 valence electrons. The van der Waals surface area contributed by atoms with Crippen molar-refractivity contribution in [2.24, 2.45) is 0 Å². The molecule has 39 heavy (non-hydrogen) atoms. The number of methoxy groups -OCH3 is 4. The molecule has 3 aromatic carbocycles. The van der Waals surface area contributed by atoms with E-state index in [9.17, 15) is 4.79 Å². The van der Waals surface area contributed by atoms with Crippen LogP contribution < -0.4 is 29.6 Å². The Morgan fingerprint density at radius 3 is 2.36 bits per heavy atom. The molecule has 10 nitrogen and oxygen atoms in total. The van der Waals surface area contributed by atoms with Crippen LogP contribution in [0.15, 0.2) is 78.0 Å². The lowest BCUT2D eigenvalue weighted by molar-refractivity contribution is -0.113. The highest BCUT2D eigenvalue weighted by Gasteiger charge is 2.36. The maximum Gasteiger partial charge on any atom is 0.255 e. The first-order valence-electron chi connectivity index (χ1n) is 12.2. The number of nitrogens with one attached hydrogen (secondary N) is 2. The molecule has 1 atom stereocenters. The number of amides is 1. The van der Waals surface area contributed by atoms with E-state index in [1.807, 2.05) is 55.5 Å². The van der Waals surface area contributed by atoms with Crippen molar-refractivity contribution in [2.45, 2.75) is 13.0 Å². The molecule has 0 fully saturated rings. The number of hydrogen-bond acceptors (Lipinski definition) is 8. The number of carbonyl (C=O) groups excluding carboxylic acids is 1. The van der Waals surface area contributed by atoms with E-state index in [2.05, 4.69) is 10.6 Å². The lowest BCUT2D eigenvalue weighted by Crippen LogP contribution is -2.31. The standard InChI is InChI=1S/C29H29N5O5/c1-17-25(28(35)31-22-11-6-7-12-23(22)38-4)26(21-14-13-20(37-3)16-24(21)39-5)34-29(30-17)32-27(33-34)18-9-8-10-19(15-18)36-2/h6-16,26H,1-5H3,(H,31,35)(H,30,32,33). The topological polar surface area (TPSA) is 109 Å². The average molecular weight is 528 g/mol. The van der Waals surface area contributed by atoms with Crippen LogP contribution in [0.3, 0.4) is 0 Å². The number of hydrogen-bond donors (Lipinski definition) is 2. The molecule has 1 aliphatic heterocycles. The second-order valence-electron chi connectivity index (χ2n) is 8.76. The molecule has 10 heteroatoms. The number of aromatic nitrogens is 3. The molecule has 0 saturated carbocycles. The number of benzene rings is 3. The summed E-state index contributed by atoms with van der Waals surface area (Å²) in [5.41, 5.74) is 3.11. The summed E-state index contributed by atoms with van der Waals surface area (Å²) in [7, 11) is 6.34. The summed E-state index contributed by atoms with van der Waals surface area (Å²) in [6.07, 6.45) is 0. The molecule has 1 unspecified atom stereocenters. The largest absolute Gasteiger partial charge is 0.497 e. The van der Waals surface area contributed by atoms with Crippen LogP contribution in [0.5, 0.6) is 23.0 Å². The van der Waals surface area contributed by atoms with Crippen molar-refractivity contribution in [3.05, 3.63) is 83.6 Å². The van der Waals surface area contributed by atoms with Crippen LogP contribution in [0.2, 0.25) is 0 Å². The molecule has 0 spiro atoms. The van der Waals surface area contributed by atoms with E-state index in [1.54, 1.807) is 51.3 Å². The second-order valence-corrected chi connectivity index (χ2v) is 8.76. The van der Waals surface area contributed by atoms with Crippen molar-refractivity contribution in [2.75, 3.05) is 39.1 Å². The van der Waals surface area contributed by atoms with E-state index < -0.39 is 6.04 Å². The van der Waals surface area contributed by atoms with Crippen LogP contribution in [-0.2, 0) is 4.79 Å². The molecule has 0 aliphatic carbocycles. The monoisotopic (exact) mass is 527 g/mol. The van der Waals surface area contributed by atoms with Gasteiger partial charge in [0.15, 0.2) is 5.82 Å². The zero-order valence-electron chi connectivity index (χ0n) is 22.3. The van der Waals surface area contributed by atoms with Gasteiger partial charge >= 0.3 is 0 Å². The van der Waals surface area contributed by atoms with Gasteiger partial charge in [-0.05, 0) is 43.3 Å². The third-order valence-electron chi connectivity index (χ3n) is 6.52. The molecule has 2 heterocycles. The van der Waals surface area contributed by atoms with Crippen LogP contribution in [0.4, 0.5) is 11.6 Å². The number of carbonyl (C=O) groups is 1. The predicted molar refractivity (Wildman–Crippen MR) is 148 cm³/mol. The van der Waals surface area contributed by atoms with E-state index in [0.29, 0.717) is 57.3 Å². The number of rotatable bonds is 8. The zero-order chi connectivity index (χ0) is 27.5. The van der Waals surface area contributed by atoms with Crippen molar-refractivity contribution >= 4 is 17.5 Å². The summed E-state index contributed by atoms with van der Waals surface area (Å²) in [6, 6.07) is 19.6. The Kier molecular flexibility index (Phi) is 7.09. The van der Waals surface area contributed by atoms with E-state index >= 15 is 0 Å². The van der Waals surface area contributed by atoms with Gasteiger partial charge in [0, 0.05) is 22.9 Å². The third-order valence-corrected chi connectivity index (χ3v) is 6.52. The van der Waals surface area contributed by atoms with Gasteiger partial charge in [-0.15, -0.1) is 5.10 Å². The van der Waals surface area contributed by atoms with Crippen molar-refractivity contribution in [1.29, 1.82) is 0 Å². The summed E-state index contributed by atoms with van der Waals surface area (Å²) >= 11 is 0. The van der Waals surface area contributed by atoms with Gasteiger partial charge in [0.2, 0.25) is 5.95 Å². The van der Waals surface area contributed by atoms with Crippen molar-refractivity contribution in [3.63, 3.8) is 0 Å². The number of fused-ring (bicyclic) bond motifs is 1. The average Bonchev–Trinajstić information content (AvgIpc) is 3.40. The molecule has 1 aromatic heterocycles. The molecule has 0 bridgehead atoms. The van der Waals surface area contributed by atoms with Crippen molar-refractivity contribution < 1.29 is 23.7 Å². The van der Waals surface area contributed by atoms with Crippen LogP contribution in [0.25, 0.3) is 11.4 Å². The highest BCUT2D eigenvalue weighted by atomic mass is 16.5. The maximum absolute atomic E-state index is 13.9. The predicted octanol–water partition coefficient (Wildman–Crippen LogP) is 4.91. The van der Waals surface area contributed by atoms with Gasteiger partial charge in [-0.25, -0.2) is 4.68 Å². The fraction of sp³-hybridized carbons (Fsp3) is 0.207. The van der Waals surface area contributed by atoms with Gasteiger partial charge in [0.05, 0.1) is 39.7 Å². The number of allylic oxidation sites excluding steroid dienone is 1. The summed E-state index contributed by atoms with van der Waals surface area (Å²) < 4.78 is 23.7. The van der Waals surface area contributed by atoms with Crippen LogP contribution in [0, 0.1) is 0 Å². The Hall–Kier alpha value is -4.99. The number of ether oxygens (including phenoxy) is 4. The summed E-state index contributed by atoms with van der Waals surface area (Å²) in [5.74, 6) is 3.05. The fourth-order valence-corrected chi connectivity index (χ4v) is 4.60. The molecule has 1 aliphatic rings. The normalized spacial score (nSPS) is 14.2. The molecule has 4 aromatic rings. The van der Waals surface area contributed by atoms with Gasteiger partial charge in [0.25, 0.3) is 5.91 Å². The third kappa shape index (κ3) is 4.84. The number of anilines is 2. The van der Waals surface area contributed by atoms with Gasteiger partial charge in [-0.1, -0.05) is 24.3 Å². The molecular formula is C29H29N5O5. The Morgan fingerprint density at radius 2 is 1.62 bits per heavy atom. The molecule has 2 N–H and O–H groups in total. The maximum atomic E-state index is 13.9. The fourth-order valence-electron chi connectivity index (χ4n) is 4.60. The Labute approximate surface area is 226 Å². The summed E-state index contributed by atoms with van der Waals surface area (Å²) in [6.45, 7) is 1.84. The molecule has 0 saturated heterocycles. The minimum absolute atomic E-state index is 0.323. The van der Waals surface area contributed by atoms with Gasteiger partial charge < -0.3 is 29.6 Å². The van der Waals surface area contributed by atoms with Gasteiger partial charge in [0.1, 0.15) is 29.0 Å². The van der Waals surface area contributed by atoms with Gasteiger partial charge in [-0.3, -0.25) is 4.79 Å². The van der Waals surface area contributed by atoms with Crippen molar-refractivity contribution in [1.82, 2.24) is 14.8 Å². The lowest BCUT2D eigenvalue weighted by Gasteiger charge is -2.29. The van der Waals surface area contributed by atoms with E-state index in [0.717, 1.165) is 5.56 Å². The number of para-hydroxylation sites is 2. The Morgan fingerprint density at radius 1 is 0.872 bits per heavy atom. The van der Waals surface area contributed by atoms with Crippen LogP contribution in [-0.4, -0.2) is 49.1 Å². The Bertz CT molecular complexity index is 1560. The van der Waals surface area contributed by atoms with Gasteiger partial charge in [-0.2, -0.15) is 4.98 Å². The van der Waals surface area contributed by atoms with Crippen molar-refractivity contribution in [3.8, 4) is 34.4 Å². The van der Waals surface area contributed by atoms with Crippen LogP contribution >= 0.6 is 0 Å². The SMILES string of the molecule is COc1cccc(-c2nc3n(n2)C(c2ccc(OC)cc2OC)C(C(=O)Nc2ccccc2OC)=C(C)N3)c1. The molecule has 0 radical (unpaired) electrons. The summed E-state index contributed by atoms with van der Waals surface area (Å²) in [5, 5.41) is 11.1. The number of nitrogens with zero attached hydrogens (tertiary/aromatic N) is 3. The minimum atomic E-state index is -0.663. The zero-order valence-corrected chi connectivity index (χ0v) is 22.3.